The van der Waals surface area contributed by atoms with Crippen molar-refractivity contribution in [3.63, 3.8) is 0 Å². The second kappa shape index (κ2) is 9.32. The van der Waals surface area contributed by atoms with Crippen molar-refractivity contribution in [2.24, 2.45) is 0 Å². The molecule has 2 fully saturated rings. The Hall–Kier alpha value is -2.25. The van der Waals surface area contributed by atoms with Gasteiger partial charge < -0.3 is 15.4 Å². The Bertz CT molecular complexity index is 985. The van der Waals surface area contributed by atoms with Gasteiger partial charge in [0.05, 0.1) is 9.88 Å². The first kappa shape index (κ1) is 22.9. The van der Waals surface area contributed by atoms with E-state index in [2.05, 4.69) is 16.7 Å². The molecule has 1 aromatic heterocycles. The minimum absolute atomic E-state index is 0.139. The van der Waals surface area contributed by atoms with Gasteiger partial charge in [-0.2, -0.15) is 0 Å². The summed E-state index contributed by atoms with van der Waals surface area (Å²) in [7, 11) is 0. The number of benzene rings is 1. The first-order valence-corrected chi connectivity index (χ1v) is 12.4. The summed E-state index contributed by atoms with van der Waals surface area (Å²) < 4.78 is 5.48. The number of ether oxygens (including phenoxy) is 1. The lowest BCUT2D eigenvalue weighted by molar-refractivity contribution is 0.0473. The molecule has 172 valence electrons. The number of hydrogen-bond donors (Lipinski definition) is 2. The lowest BCUT2D eigenvalue weighted by Gasteiger charge is -2.31. The largest absolute Gasteiger partial charge is 0.444 e. The molecule has 0 radical (unpaired) electrons. The fraction of sp³-hybridized carbons (Fsp3) is 0.560. The molecule has 1 aliphatic carbocycles. The van der Waals surface area contributed by atoms with Crippen molar-refractivity contribution < 1.29 is 14.3 Å². The van der Waals surface area contributed by atoms with Gasteiger partial charge in [0.2, 0.25) is 5.78 Å². The summed E-state index contributed by atoms with van der Waals surface area (Å²) in [5, 5.41) is 7.34. The van der Waals surface area contributed by atoms with E-state index in [1.54, 1.807) is 11.3 Å². The van der Waals surface area contributed by atoms with Crippen LogP contribution in [0.5, 0.6) is 0 Å². The lowest BCUT2D eigenvalue weighted by Crippen LogP contribution is -2.56. The van der Waals surface area contributed by atoms with Gasteiger partial charge in [-0.1, -0.05) is 36.2 Å². The summed E-state index contributed by atoms with van der Waals surface area (Å²) in [6.45, 7) is 8.34. The number of aromatic nitrogens is 1. The molecule has 32 heavy (non-hydrogen) atoms. The predicted molar refractivity (Wildman–Crippen MR) is 127 cm³/mol. The molecule has 1 aliphatic heterocycles. The van der Waals surface area contributed by atoms with Crippen LogP contribution in [0.2, 0.25) is 0 Å². The Balaban J connectivity index is 1.68. The highest BCUT2D eigenvalue weighted by Crippen LogP contribution is 2.45. The van der Waals surface area contributed by atoms with Crippen LogP contribution < -0.4 is 10.6 Å². The number of thiazole rings is 1. The maximum absolute atomic E-state index is 13.9. The van der Waals surface area contributed by atoms with Crippen molar-refractivity contribution in [1.29, 1.82) is 0 Å². The average Bonchev–Trinajstić information content (AvgIpc) is 3.49. The molecule has 1 aromatic carbocycles. The third-order valence-electron chi connectivity index (χ3n) is 5.79. The van der Waals surface area contributed by atoms with Gasteiger partial charge in [-0.3, -0.25) is 4.79 Å². The van der Waals surface area contributed by atoms with E-state index in [0.29, 0.717) is 11.6 Å². The Morgan fingerprint density at radius 2 is 2.00 bits per heavy atom. The smallest absolute Gasteiger partial charge is 0.408 e. The summed E-state index contributed by atoms with van der Waals surface area (Å²) in [4.78, 5) is 32.3. The van der Waals surface area contributed by atoms with Crippen molar-refractivity contribution in [2.75, 3.05) is 6.54 Å². The van der Waals surface area contributed by atoms with Gasteiger partial charge >= 0.3 is 6.09 Å². The van der Waals surface area contributed by atoms with E-state index in [9.17, 15) is 9.59 Å². The molecule has 1 saturated heterocycles. The van der Waals surface area contributed by atoms with E-state index < -0.39 is 17.7 Å². The number of amides is 1. The van der Waals surface area contributed by atoms with Crippen LogP contribution in [0, 0.1) is 6.92 Å². The van der Waals surface area contributed by atoms with Gasteiger partial charge in [0.15, 0.2) is 0 Å². The van der Waals surface area contributed by atoms with Crippen molar-refractivity contribution in [1.82, 2.24) is 15.6 Å². The number of ketones is 1. The maximum atomic E-state index is 13.9. The molecule has 0 bridgehead atoms. The Labute approximate surface area is 194 Å². The third kappa shape index (κ3) is 5.56. The highest BCUT2D eigenvalue weighted by Gasteiger charge is 2.37. The molecule has 7 heteroatoms. The number of rotatable bonds is 6. The molecule has 6 nitrogen and oxygen atoms in total. The topological polar surface area (TPSA) is 80.3 Å². The number of nitrogens with one attached hydrogen (secondary N) is 2. The Morgan fingerprint density at radius 3 is 2.62 bits per heavy atom. The van der Waals surface area contributed by atoms with Crippen LogP contribution in [-0.4, -0.2) is 41.1 Å². The molecule has 2 aromatic rings. The standard InChI is InChI=1S/C25H33N3O3S/c1-15-8-7-9-17(14-15)22-20(27-23(32-22)16-11-12-16)21(29)19(18-10-5-6-13-26-18)28-24(30)31-25(2,3)4/h7-9,14,16,18-19,26H,5-6,10-13H2,1-4H3,(H,28,30). The summed E-state index contributed by atoms with van der Waals surface area (Å²) in [6.07, 6.45) is 4.59. The van der Waals surface area contributed by atoms with Crippen LogP contribution in [0.1, 0.15) is 79.9 Å². The van der Waals surface area contributed by atoms with Crippen LogP contribution in [0.4, 0.5) is 4.79 Å². The van der Waals surface area contributed by atoms with Crippen molar-refractivity contribution >= 4 is 23.2 Å². The van der Waals surface area contributed by atoms with Crippen molar-refractivity contribution in [2.45, 2.75) is 83.4 Å². The molecular weight excluding hydrogens is 422 g/mol. The Morgan fingerprint density at radius 1 is 1.22 bits per heavy atom. The summed E-state index contributed by atoms with van der Waals surface area (Å²) in [5.74, 6) is 0.310. The molecular formula is C25H33N3O3S. The van der Waals surface area contributed by atoms with E-state index in [0.717, 1.165) is 59.7 Å². The lowest BCUT2D eigenvalue weighted by atomic mass is 9.93. The summed E-state index contributed by atoms with van der Waals surface area (Å²) >= 11 is 1.62. The number of hydrogen-bond acceptors (Lipinski definition) is 6. The molecule has 1 saturated carbocycles. The van der Waals surface area contributed by atoms with Crippen LogP contribution in [0.15, 0.2) is 24.3 Å². The van der Waals surface area contributed by atoms with E-state index in [-0.39, 0.29) is 11.8 Å². The van der Waals surface area contributed by atoms with E-state index in [1.165, 1.54) is 0 Å². The fourth-order valence-corrected chi connectivity index (χ4v) is 5.32. The summed E-state index contributed by atoms with van der Waals surface area (Å²) in [6, 6.07) is 7.32. The first-order chi connectivity index (χ1) is 15.2. The second-order valence-corrected chi connectivity index (χ2v) is 10.9. The van der Waals surface area contributed by atoms with Gasteiger partial charge in [0.1, 0.15) is 17.3 Å². The highest BCUT2D eigenvalue weighted by atomic mass is 32.1. The number of Topliss-reactive ketones (excluding diaryl/α,β-unsaturated/α-hetero) is 1. The van der Waals surface area contributed by atoms with Crippen LogP contribution in [0.25, 0.3) is 10.4 Å². The number of piperidine rings is 1. The van der Waals surface area contributed by atoms with Gasteiger partial charge in [0, 0.05) is 12.0 Å². The normalized spacial score (nSPS) is 19.9. The van der Waals surface area contributed by atoms with Gasteiger partial charge in [-0.25, -0.2) is 9.78 Å². The number of alkyl carbamates (subject to hydrolysis) is 1. The van der Waals surface area contributed by atoms with Gasteiger partial charge in [0.25, 0.3) is 0 Å². The molecule has 2 atom stereocenters. The number of carbonyl (C=O) groups excluding carboxylic acids is 2. The van der Waals surface area contributed by atoms with Crippen molar-refractivity contribution in [3.8, 4) is 10.4 Å². The highest BCUT2D eigenvalue weighted by molar-refractivity contribution is 7.15. The molecule has 1 amide bonds. The quantitative estimate of drug-likeness (QED) is 0.584. The number of nitrogens with zero attached hydrogens (tertiary/aromatic N) is 1. The molecule has 2 unspecified atom stereocenters. The van der Waals surface area contributed by atoms with Gasteiger partial charge in [-0.15, -0.1) is 11.3 Å². The zero-order valence-corrected chi connectivity index (χ0v) is 20.2. The zero-order chi connectivity index (χ0) is 22.9. The SMILES string of the molecule is Cc1cccc(-c2sc(C3CC3)nc2C(=O)C(NC(=O)OC(C)(C)C)C2CCCCN2)c1. The van der Waals surface area contributed by atoms with E-state index in [4.69, 9.17) is 9.72 Å². The number of aryl methyl sites for hydroxylation is 1. The van der Waals surface area contributed by atoms with Crippen LogP contribution in [-0.2, 0) is 4.74 Å². The molecule has 0 spiro atoms. The van der Waals surface area contributed by atoms with Gasteiger partial charge in [-0.05, 0) is 65.5 Å². The third-order valence-corrected chi connectivity index (χ3v) is 7.06. The zero-order valence-electron chi connectivity index (χ0n) is 19.4. The monoisotopic (exact) mass is 455 g/mol. The Kier molecular flexibility index (Phi) is 6.67. The van der Waals surface area contributed by atoms with Crippen LogP contribution >= 0.6 is 11.3 Å². The second-order valence-electron chi connectivity index (χ2n) is 9.92. The van der Waals surface area contributed by atoms with Crippen molar-refractivity contribution in [3.05, 3.63) is 40.5 Å². The number of carbonyl (C=O) groups is 2. The first-order valence-electron chi connectivity index (χ1n) is 11.6. The predicted octanol–water partition coefficient (Wildman–Crippen LogP) is 5.21. The van der Waals surface area contributed by atoms with E-state index >= 15 is 0 Å². The molecule has 4 rings (SSSR count). The summed E-state index contributed by atoms with van der Waals surface area (Å²) in [5.41, 5.74) is 1.98. The maximum Gasteiger partial charge on any atom is 0.408 e. The minimum Gasteiger partial charge on any atom is -0.444 e. The average molecular weight is 456 g/mol. The minimum atomic E-state index is -0.720. The van der Waals surface area contributed by atoms with Crippen LogP contribution in [0.3, 0.4) is 0 Å². The molecule has 2 heterocycles. The molecule has 2 N–H and O–H groups in total. The molecule has 2 aliphatic rings. The fourth-order valence-electron chi connectivity index (χ4n) is 4.08. The van der Waals surface area contributed by atoms with E-state index in [1.807, 2.05) is 45.9 Å².